The highest BCUT2D eigenvalue weighted by Crippen LogP contribution is 2.43. The van der Waals surface area contributed by atoms with Crippen LogP contribution in [0.5, 0.6) is 0 Å². The Labute approximate surface area is 147 Å². The zero-order valence-corrected chi connectivity index (χ0v) is 14.5. The van der Waals surface area contributed by atoms with Gasteiger partial charge in [0.05, 0.1) is 5.41 Å². The van der Waals surface area contributed by atoms with E-state index in [2.05, 4.69) is 0 Å². The number of likely N-dealkylation sites (N-methyl/N-ethyl adjacent to an activating group) is 1. The van der Waals surface area contributed by atoms with Crippen LogP contribution in [0.3, 0.4) is 0 Å². The molecule has 126 valence electrons. The molecule has 1 amide bonds. The van der Waals surface area contributed by atoms with Crippen molar-refractivity contribution in [3.8, 4) is 0 Å². The Kier molecular flexibility index (Phi) is 4.91. The molecule has 0 N–H and O–H groups in total. The number of carbonyl (C=O) groups excluding carboxylic acids is 1. The molecule has 2 nitrogen and oxygen atoms in total. The fourth-order valence-electron chi connectivity index (χ4n) is 3.67. The smallest absolute Gasteiger partial charge is 0.233 e. The highest BCUT2D eigenvalue weighted by Gasteiger charge is 2.44. The van der Waals surface area contributed by atoms with Gasteiger partial charge in [0.1, 0.15) is 5.82 Å². The molecule has 0 heterocycles. The van der Waals surface area contributed by atoms with Crippen LogP contribution in [0.4, 0.5) is 4.39 Å². The first-order chi connectivity index (χ1) is 11.5. The maximum atomic E-state index is 13.2. The first-order valence-electron chi connectivity index (χ1n) is 8.27. The van der Waals surface area contributed by atoms with E-state index in [1.54, 1.807) is 17.0 Å². The van der Waals surface area contributed by atoms with Crippen molar-refractivity contribution in [2.24, 2.45) is 0 Å². The van der Waals surface area contributed by atoms with Crippen molar-refractivity contribution in [3.63, 3.8) is 0 Å². The maximum Gasteiger partial charge on any atom is 0.233 e. The van der Waals surface area contributed by atoms with E-state index in [0.29, 0.717) is 11.6 Å². The van der Waals surface area contributed by atoms with Crippen LogP contribution in [0.25, 0.3) is 0 Å². The lowest BCUT2D eigenvalue weighted by Gasteiger charge is -2.33. The third-order valence-corrected chi connectivity index (χ3v) is 5.19. The Balaban J connectivity index is 1.84. The average Bonchev–Trinajstić information content (AvgIpc) is 3.07. The van der Waals surface area contributed by atoms with Gasteiger partial charge in [0, 0.05) is 18.6 Å². The molecule has 0 bridgehead atoms. The van der Waals surface area contributed by atoms with E-state index in [1.807, 2.05) is 31.3 Å². The molecule has 0 unspecified atom stereocenters. The van der Waals surface area contributed by atoms with Gasteiger partial charge in [-0.1, -0.05) is 48.7 Å². The third kappa shape index (κ3) is 3.32. The van der Waals surface area contributed by atoms with Gasteiger partial charge in [-0.2, -0.15) is 0 Å². The summed E-state index contributed by atoms with van der Waals surface area (Å²) in [5.74, 6) is -0.132. The molecule has 4 heteroatoms. The molecule has 0 spiro atoms. The second kappa shape index (κ2) is 6.94. The van der Waals surface area contributed by atoms with Gasteiger partial charge in [-0.05, 0) is 48.2 Å². The number of halogens is 2. The summed E-state index contributed by atoms with van der Waals surface area (Å²) < 4.78 is 13.1. The van der Waals surface area contributed by atoms with Crippen molar-refractivity contribution in [1.82, 2.24) is 4.90 Å². The largest absolute Gasteiger partial charge is 0.341 e. The van der Waals surface area contributed by atoms with Crippen molar-refractivity contribution in [1.29, 1.82) is 0 Å². The van der Waals surface area contributed by atoms with E-state index >= 15 is 0 Å². The van der Waals surface area contributed by atoms with Crippen LogP contribution in [-0.4, -0.2) is 17.9 Å². The van der Waals surface area contributed by atoms with Gasteiger partial charge in [0.2, 0.25) is 5.91 Å². The predicted molar refractivity (Wildman–Crippen MR) is 94.5 cm³/mol. The second-order valence-electron chi connectivity index (χ2n) is 6.58. The minimum atomic E-state index is -0.459. The van der Waals surface area contributed by atoms with Crippen LogP contribution in [-0.2, 0) is 16.8 Å². The number of carbonyl (C=O) groups is 1. The van der Waals surface area contributed by atoms with E-state index in [0.717, 1.165) is 36.8 Å². The minimum absolute atomic E-state index is 0.131. The summed E-state index contributed by atoms with van der Waals surface area (Å²) in [5.41, 5.74) is 1.51. The van der Waals surface area contributed by atoms with Crippen molar-refractivity contribution < 1.29 is 9.18 Å². The number of amides is 1. The van der Waals surface area contributed by atoms with E-state index in [4.69, 9.17) is 11.6 Å². The standard InChI is InChI=1S/C20H21ClFNO/c1-23(14-15-4-10-18(22)11-5-15)19(24)20(12-2-3-13-20)16-6-8-17(21)9-7-16/h4-11H,2-3,12-14H2,1H3. The maximum absolute atomic E-state index is 13.2. The highest BCUT2D eigenvalue weighted by molar-refractivity contribution is 6.30. The number of hydrogen-bond donors (Lipinski definition) is 0. The Morgan fingerprint density at radius 3 is 2.25 bits per heavy atom. The normalized spacial score (nSPS) is 16.1. The Morgan fingerprint density at radius 1 is 1.08 bits per heavy atom. The molecule has 1 aliphatic rings. The molecule has 0 saturated heterocycles. The van der Waals surface area contributed by atoms with E-state index < -0.39 is 5.41 Å². The van der Waals surface area contributed by atoms with Gasteiger partial charge in [-0.15, -0.1) is 0 Å². The molecule has 3 rings (SSSR count). The van der Waals surface area contributed by atoms with Crippen LogP contribution < -0.4 is 0 Å². The van der Waals surface area contributed by atoms with E-state index in [1.165, 1.54) is 12.1 Å². The SMILES string of the molecule is CN(Cc1ccc(F)cc1)C(=O)C1(c2ccc(Cl)cc2)CCCC1. The lowest BCUT2D eigenvalue weighted by Crippen LogP contribution is -2.43. The lowest BCUT2D eigenvalue weighted by atomic mass is 9.77. The lowest BCUT2D eigenvalue weighted by molar-refractivity contribution is -0.136. The summed E-state index contributed by atoms with van der Waals surface area (Å²) in [5, 5.41) is 0.680. The van der Waals surface area contributed by atoms with Crippen LogP contribution in [0.2, 0.25) is 5.02 Å². The molecular weight excluding hydrogens is 325 g/mol. The van der Waals surface area contributed by atoms with E-state index in [9.17, 15) is 9.18 Å². The van der Waals surface area contributed by atoms with Crippen LogP contribution >= 0.6 is 11.6 Å². The molecular formula is C20H21ClFNO. The van der Waals surface area contributed by atoms with Crippen LogP contribution in [0.1, 0.15) is 36.8 Å². The highest BCUT2D eigenvalue weighted by atomic mass is 35.5. The number of nitrogens with zero attached hydrogens (tertiary/aromatic N) is 1. The van der Waals surface area contributed by atoms with Crippen molar-refractivity contribution in [2.75, 3.05) is 7.05 Å². The van der Waals surface area contributed by atoms with Crippen LogP contribution in [0, 0.1) is 5.82 Å². The molecule has 1 fully saturated rings. The molecule has 0 aliphatic heterocycles. The van der Waals surface area contributed by atoms with E-state index in [-0.39, 0.29) is 11.7 Å². The summed E-state index contributed by atoms with van der Waals surface area (Å²) in [6.45, 7) is 0.481. The summed E-state index contributed by atoms with van der Waals surface area (Å²) in [4.78, 5) is 15.0. The van der Waals surface area contributed by atoms with Gasteiger partial charge in [0.15, 0.2) is 0 Å². The fraction of sp³-hybridized carbons (Fsp3) is 0.350. The molecule has 2 aromatic rings. The third-order valence-electron chi connectivity index (χ3n) is 4.94. The first kappa shape index (κ1) is 17.0. The molecule has 0 radical (unpaired) electrons. The minimum Gasteiger partial charge on any atom is -0.341 e. The van der Waals surface area contributed by atoms with Crippen LogP contribution in [0.15, 0.2) is 48.5 Å². The predicted octanol–water partition coefficient (Wildman–Crippen LogP) is 4.95. The molecule has 1 saturated carbocycles. The monoisotopic (exact) mass is 345 g/mol. The Morgan fingerprint density at radius 2 is 1.67 bits per heavy atom. The van der Waals surface area contributed by atoms with Crippen molar-refractivity contribution in [3.05, 3.63) is 70.5 Å². The molecule has 0 aromatic heterocycles. The first-order valence-corrected chi connectivity index (χ1v) is 8.65. The van der Waals surface area contributed by atoms with Gasteiger partial charge >= 0.3 is 0 Å². The molecule has 1 aliphatic carbocycles. The second-order valence-corrected chi connectivity index (χ2v) is 7.02. The van der Waals surface area contributed by atoms with Crippen molar-refractivity contribution in [2.45, 2.75) is 37.6 Å². The summed E-state index contributed by atoms with van der Waals surface area (Å²) in [6, 6.07) is 13.9. The van der Waals surface area contributed by atoms with Gasteiger partial charge in [-0.3, -0.25) is 4.79 Å². The summed E-state index contributed by atoms with van der Waals surface area (Å²) in [6.07, 6.45) is 3.83. The summed E-state index contributed by atoms with van der Waals surface area (Å²) >= 11 is 6.00. The van der Waals surface area contributed by atoms with Gasteiger partial charge in [0.25, 0.3) is 0 Å². The van der Waals surface area contributed by atoms with Gasteiger partial charge in [-0.25, -0.2) is 4.39 Å². The van der Waals surface area contributed by atoms with Gasteiger partial charge < -0.3 is 4.90 Å². The topological polar surface area (TPSA) is 20.3 Å². The molecule has 0 atom stereocenters. The average molecular weight is 346 g/mol. The Hall–Kier alpha value is -1.87. The summed E-state index contributed by atoms with van der Waals surface area (Å²) in [7, 11) is 1.82. The molecule has 24 heavy (non-hydrogen) atoms. The Bertz CT molecular complexity index is 705. The number of rotatable bonds is 4. The quantitative estimate of drug-likeness (QED) is 0.767. The zero-order chi connectivity index (χ0) is 17.2. The number of benzene rings is 2. The zero-order valence-electron chi connectivity index (χ0n) is 13.8. The number of hydrogen-bond acceptors (Lipinski definition) is 1. The fourth-order valence-corrected chi connectivity index (χ4v) is 3.80. The van der Waals surface area contributed by atoms with Crippen molar-refractivity contribution >= 4 is 17.5 Å². The molecule has 2 aromatic carbocycles.